The second-order valence-electron chi connectivity index (χ2n) is 6.42. The molecular formula is C17H24N4O2. The van der Waals surface area contributed by atoms with Gasteiger partial charge in [0.05, 0.1) is 17.9 Å². The molecule has 2 aliphatic rings. The number of likely N-dealkylation sites (N-methyl/N-ethyl adjacent to an activating group) is 1. The Kier molecular flexibility index (Phi) is 4.26. The highest BCUT2D eigenvalue weighted by Crippen LogP contribution is 2.36. The Balaban J connectivity index is 1.66. The van der Waals surface area contributed by atoms with Crippen molar-refractivity contribution in [3.05, 3.63) is 24.3 Å². The van der Waals surface area contributed by atoms with E-state index in [1.165, 1.54) is 0 Å². The molecule has 2 aliphatic heterocycles. The molecule has 1 fully saturated rings. The number of likely N-dealkylation sites (tertiary alicyclic amines) is 1. The predicted molar refractivity (Wildman–Crippen MR) is 90.4 cm³/mol. The first-order valence-corrected chi connectivity index (χ1v) is 8.19. The number of amides is 2. The topological polar surface area (TPSA) is 64.7 Å². The van der Waals surface area contributed by atoms with Crippen LogP contribution in [0.15, 0.2) is 24.3 Å². The van der Waals surface area contributed by atoms with Gasteiger partial charge in [-0.3, -0.25) is 14.5 Å². The minimum absolute atomic E-state index is 0.00831. The number of piperidine rings is 1. The van der Waals surface area contributed by atoms with Crippen LogP contribution in [0.3, 0.4) is 0 Å². The molecule has 23 heavy (non-hydrogen) atoms. The van der Waals surface area contributed by atoms with Gasteiger partial charge < -0.3 is 15.5 Å². The Morgan fingerprint density at radius 2 is 1.91 bits per heavy atom. The second kappa shape index (κ2) is 6.20. The van der Waals surface area contributed by atoms with Gasteiger partial charge in [0.1, 0.15) is 5.54 Å². The molecule has 2 N–H and O–H groups in total. The number of anilines is 2. The van der Waals surface area contributed by atoms with E-state index >= 15 is 0 Å². The summed E-state index contributed by atoms with van der Waals surface area (Å²) >= 11 is 0. The molecule has 1 aromatic carbocycles. The van der Waals surface area contributed by atoms with Gasteiger partial charge in [0.15, 0.2) is 0 Å². The van der Waals surface area contributed by atoms with Gasteiger partial charge in [-0.2, -0.15) is 0 Å². The number of fused-ring (bicyclic) bond motifs is 1. The molecule has 0 aliphatic carbocycles. The van der Waals surface area contributed by atoms with Gasteiger partial charge in [0, 0.05) is 13.1 Å². The molecule has 3 rings (SSSR count). The van der Waals surface area contributed by atoms with Crippen LogP contribution in [0.5, 0.6) is 0 Å². The van der Waals surface area contributed by atoms with Crippen molar-refractivity contribution >= 4 is 23.2 Å². The van der Waals surface area contributed by atoms with Crippen LogP contribution >= 0.6 is 0 Å². The van der Waals surface area contributed by atoms with Gasteiger partial charge in [-0.1, -0.05) is 19.1 Å². The zero-order valence-corrected chi connectivity index (χ0v) is 13.8. The second-order valence-corrected chi connectivity index (χ2v) is 6.42. The monoisotopic (exact) mass is 316 g/mol. The highest BCUT2D eigenvalue weighted by molar-refractivity contribution is 6.06. The molecule has 124 valence electrons. The minimum atomic E-state index is -0.595. The zero-order valence-electron chi connectivity index (χ0n) is 13.8. The lowest BCUT2D eigenvalue weighted by atomic mass is 9.84. The maximum Gasteiger partial charge on any atom is 0.250 e. The fourth-order valence-electron chi connectivity index (χ4n) is 3.19. The van der Waals surface area contributed by atoms with Crippen molar-refractivity contribution in [3.8, 4) is 0 Å². The maximum atomic E-state index is 12.5. The van der Waals surface area contributed by atoms with E-state index in [1.54, 1.807) is 0 Å². The van der Waals surface area contributed by atoms with E-state index in [0.717, 1.165) is 17.9 Å². The van der Waals surface area contributed by atoms with Gasteiger partial charge >= 0.3 is 0 Å². The van der Waals surface area contributed by atoms with E-state index in [1.807, 2.05) is 48.0 Å². The lowest BCUT2D eigenvalue weighted by Crippen LogP contribution is -2.59. The Labute approximate surface area is 136 Å². The molecular weight excluding hydrogens is 292 g/mol. The van der Waals surface area contributed by atoms with E-state index in [9.17, 15) is 9.59 Å². The van der Waals surface area contributed by atoms with Crippen LogP contribution in [-0.2, 0) is 9.59 Å². The SMILES string of the molecule is CCN(C)CC(=O)N1CCC2(CC1)Nc1ccccc1NC2=O. The normalized spacial score (nSPS) is 19.3. The molecule has 6 nitrogen and oxygen atoms in total. The molecule has 2 heterocycles. The third-order valence-corrected chi connectivity index (χ3v) is 4.90. The first-order chi connectivity index (χ1) is 11.0. The van der Waals surface area contributed by atoms with E-state index < -0.39 is 5.54 Å². The fraction of sp³-hybridized carbons (Fsp3) is 0.529. The Morgan fingerprint density at radius 1 is 1.26 bits per heavy atom. The van der Waals surface area contributed by atoms with Gasteiger partial charge in [0.2, 0.25) is 11.8 Å². The number of para-hydroxylation sites is 2. The summed E-state index contributed by atoms with van der Waals surface area (Å²) in [5, 5.41) is 6.41. The van der Waals surface area contributed by atoms with Crippen LogP contribution in [0.25, 0.3) is 0 Å². The average molecular weight is 316 g/mol. The molecule has 0 radical (unpaired) electrons. The zero-order chi connectivity index (χ0) is 16.4. The molecule has 0 saturated carbocycles. The summed E-state index contributed by atoms with van der Waals surface area (Å²) in [6, 6.07) is 7.73. The largest absolute Gasteiger partial charge is 0.369 e. The van der Waals surface area contributed by atoms with Crippen molar-refractivity contribution < 1.29 is 9.59 Å². The van der Waals surface area contributed by atoms with Crippen LogP contribution in [0.4, 0.5) is 11.4 Å². The van der Waals surface area contributed by atoms with Crippen LogP contribution in [0.1, 0.15) is 19.8 Å². The fourth-order valence-corrected chi connectivity index (χ4v) is 3.19. The number of carbonyl (C=O) groups is 2. The van der Waals surface area contributed by atoms with E-state index in [4.69, 9.17) is 0 Å². The standard InChI is InChI=1S/C17H24N4O2/c1-3-20(2)12-15(22)21-10-8-17(9-11-21)16(23)18-13-6-4-5-7-14(13)19-17/h4-7,19H,3,8-12H2,1-2H3,(H,18,23). The number of hydrogen-bond acceptors (Lipinski definition) is 4. The smallest absolute Gasteiger partial charge is 0.250 e. The third kappa shape index (κ3) is 3.03. The molecule has 1 saturated heterocycles. The Hall–Kier alpha value is -2.08. The molecule has 0 bridgehead atoms. The Morgan fingerprint density at radius 3 is 2.57 bits per heavy atom. The highest BCUT2D eigenvalue weighted by atomic mass is 16.2. The molecule has 0 aromatic heterocycles. The summed E-state index contributed by atoms with van der Waals surface area (Å²) in [5.74, 6) is 0.148. The number of hydrogen-bond donors (Lipinski definition) is 2. The number of rotatable bonds is 3. The predicted octanol–water partition coefficient (Wildman–Crippen LogP) is 1.36. The van der Waals surface area contributed by atoms with Crippen molar-refractivity contribution in [2.75, 3.05) is 43.9 Å². The lowest BCUT2D eigenvalue weighted by molar-refractivity contribution is -0.135. The first kappa shape index (κ1) is 15.8. The minimum Gasteiger partial charge on any atom is -0.369 e. The lowest BCUT2D eigenvalue weighted by Gasteiger charge is -2.44. The number of carbonyl (C=O) groups excluding carboxylic acids is 2. The summed E-state index contributed by atoms with van der Waals surface area (Å²) in [4.78, 5) is 28.7. The van der Waals surface area contributed by atoms with Gasteiger partial charge in [-0.15, -0.1) is 0 Å². The van der Waals surface area contributed by atoms with E-state index in [0.29, 0.717) is 32.5 Å². The number of nitrogens with zero attached hydrogens (tertiary/aromatic N) is 2. The molecule has 0 unspecified atom stereocenters. The van der Waals surface area contributed by atoms with Crippen molar-refractivity contribution in [1.29, 1.82) is 0 Å². The number of benzene rings is 1. The maximum absolute atomic E-state index is 12.5. The first-order valence-electron chi connectivity index (χ1n) is 8.19. The molecule has 1 spiro atoms. The number of nitrogens with one attached hydrogen (secondary N) is 2. The van der Waals surface area contributed by atoms with Gasteiger partial charge in [0.25, 0.3) is 0 Å². The summed E-state index contributed by atoms with van der Waals surface area (Å²) < 4.78 is 0. The Bertz CT molecular complexity index is 608. The van der Waals surface area contributed by atoms with Gasteiger partial charge in [-0.05, 0) is 38.6 Å². The van der Waals surface area contributed by atoms with Crippen molar-refractivity contribution in [2.24, 2.45) is 0 Å². The highest BCUT2D eigenvalue weighted by Gasteiger charge is 2.44. The molecule has 6 heteroatoms. The quantitative estimate of drug-likeness (QED) is 0.884. The van der Waals surface area contributed by atoms with E-state index in [-0.39, 0.29) is 11.8 Å². The molecule has 2 amide bonds. The van der Waals surface area contributed by atoms with Crippen LogP contribution in [0, 0.1) is 0 Å². The van der Waals surface area contributed by atoms with E-state index in [2.05, 4.69) is 10.6 Å². The van der Waals surface area contributed by atoms with Crippen LogP contribution in [-0.4, -0.2) is 60.4 Å². The summed E-state index contributed by atoms with van der Waals surface area (Å²) in [6.45, 7) is 4.54. The van der Waals surface area contributed by atoms with Crippen molar-refractivity contribution in [1.82, 2.24) is 9.80 Å². The van der Waals surface area contributed by atoms with Crippen LogP contribution in [0.2, 0.25) is 0 Å². The van der Waals surface area contributed by atoms with Crippen molar-refractivity contribution in [3.63, 3.8) is 0 Å². The molecule has 0 atom stereocenters. The summed E-state index contributed by atoms with van der Waals surface area (Å²) in [6.07, 6.45) is 1.27. The van der Waals surface area contributed by atoms with Crippen LogP contribution < -0.4 is 10.6 Å². The summed E-state index contributed by atoms with van der Waals surface area (Å²) in [7, 11) is 1.94. The van der Waals surface area contributed by atoms with Gasteiger partial charge in [-0.25, -0.2) is 0 Å². The molecule has 1 aromatic rings. The average Bonchev–Trinajstić information content (AvgIpc) is 2.56. The third-order valence-electron chi connectivity index (χ3n) is 4.90. The summed E-state index contributed by atoms with van der Waals surface area (Å²) in [5.41, 5.74) is 1.19. The van der Waals surface area contributed by atoms with Crippen molar-refractivity contribution in [2.45, 2.75) is 25.3 Å².